The maximum atomic E-state index is 2.27. The Kier molecular flexibility index (Phi) is 2.88. The molecule has 0 heterocycles. The van der Waals surface area contributed by atoms with Gasteiger partial charge in [0.2, 0.25) is 0 Å². The molecule has 2 heteroatoms. The van der Waals surface area contributed by atoms with Crippen LogP contribution < -0.4 is 0 Å². The molecule has 0 radical (unpaired) electrons. The molecule has 12 heavy (non-hydrogen) atoms. The Balaban J connectivity index is 2.95. The van der Waals surface area contributed by atoms with E-state index in [1.807, 2.05) is 0 Å². The van der Waals surface area contributed by atoms with Crippen LogP contribution in [0.3, 0.4) is 0 Å². The van der Waals surface area contributed by atoms with Gasteiger partial charge in [-0.05, 0) is 0 Å². The van der Waals surface area contributed by atoms with Crippen LogP contribution in [0, 0.1) is 0 Å². The van der Waals surface area contributed by atoms with E-state index in [-0.39, 0.29) is 5.54 Å². The number of hydrogen-bond donors (Lipinski definition) is 0. The van der Waals surface area contributed by atoms with Crippen LogP contribution in [0.5, 0.6) is 0 Å². The summed E-state index contributed by atoms with van der Waals surface area (Å²) in [7, 11) is 4.26. The fourth-order valence-electron chi connectivity index (χ4n) is 1.57. The molecule has 0 spiro atoms. The predicted molar refractivity (Wildman–Crippen MR) is 54.3 cm³/mol. The van der Waals surface area contributed by atoms with Gasteiger partial charge in [0.1, 0.15) is 0 Å². The quantitative estimate of drug-likeness (QED) is 0.551. The van der Waals surface area contributed by atoms with Gasteiger partial charge in [-0.15, -0.1) is 0 Å². The summed E-state index contributed by atoms with van der Waals surface area (Å²) < 4.78 is 1.51. The van der Waals surface area contributed by atoms with Gasteiger partial charge in [0.25, 0.3) is 0 Å². The third-order valence-corrected chi connectivity index (χ3v) is 2.95. The summed E-state index contributed by atoms with van der Waals surface area (Å²) in [5.74, 6) is 0. The van der Waals surface area contributed by atoms with Gasteiger partial charge < -0.3 is 0 Å². The van der Waals surface area contributed by atoms with E-state index in [0.29, 0.717) is 0 Å². The number of rotatable bonds is 2. The van der Waals surface area contributed by atoms with E-state index < -0.39 is 0 Å². The average molecular weight is 157 g/mol. The molecular formula is C10H16LiN. The number of likely N-dealkylation sites (N-methyl/N-ethyl adjacent to an activating group) is 1. The summed E-state index contributed by atoms with van der Waals surface area (Å²) in [5, 5.41) is 0. The zero-order chi connectivity index (χ0) is 9.35. The van der Waals surface area contributed by atoms with E-state index in [4.69, 9.17) is 0 Å². The molecule has 0 aromatic heterocycles. The van der Waals surface area contributed by atoms with Gasteiger partial charge in [-0.1, -0.05) is 0 Å². The molecule has 62 valence electrons. The summed E-state index contributed by atoms with van der Waals surface area (Å²) in [6.07, 6.45) is 5.64. The van der Waals surface area contributed by atoms with Crippen LogP contribution in [-0.2, 0) is 0 Å². The molecule has 1 nitrogen and oxygen atoms in total. The van der Waals surface area contributed by atoms with E-state index in [2.05, 4.69) is 62.7 Å². The topological polar surface area (TPSA) is 3.24 Å². The first-order valence-electron chi connectivity index (χ1n) is 4.50. The van der Waals surface area contributed by atoms with Crippen molar-refractivity contribution in [3.05, 3.63) is 22.0 Å². The Bertz CT molecular complexity index is 236. The van der Waals surface area contributed by atoms with Crippen LogP contribution >= 0.6 is 0 Å². The third kappa shape index (κ3) is 1.69. The van der Waals surface area contributed by atoms with Crippen LogP contribution in [0.1, 0.15) is 20.3 Å². The van der Waals surface area contributed by atoms with Crippen molar-refractivity contribution in [1.82, 2.24) is 4.90 Å². The SMILES string of the molecule is [Li][C]1=C(C(C)(C)N(C)C)C=CC1. The van der Waals surface area contributed by atoms with Gasteiger partial charge in [0.05, 0.1) is 0 Å². The van der Waals surface area contributed by atoms with Crippen LogP contribution in [0.4, 0.5) is 0 Å². The average Bonchev–Trinajstić information content (AvgIpc) is 2.35. The van der Waals surface area contributed by atoms with Crippen molar-refractivity contribution < 1.29 is 0 Å². The second-order valence-electron chi connectivity index (χ2n) is 4.25. The van der Waals surface area contributed by atoms with Gasteiger partial charge in [-0.25, -0.2) is 0 Å². The van der Waals surface area contributed by atoms with Crippen molar-refractivity contribution in [2.24, 2.45) is 0 Å². The van der Waals surface area contributed by atoms with Gasteiger partial charge >= 0.3 is 84.5 Å². The van der Waals surface area contributed by atoms with E-state index in [1.54, 1.807) is 0 Å². The molecule has 0 aliphatic heterocycles. The van der Waals surface area contributed by atoms with Gasteiger partial charge in [-0.3, -0.25) is 0 Å². The first-order valence-corrected chi connectivity index (χ1v) is 4.50. The second-order valence-corrected chi connectivity index (χ2v) is 4.25. The Hall–Kier alpha value is 0.0374. The van der Waals surface area contributed by atoms with Crippen LogP contribution in [0.2, 0.25) is 0 Å². The fourth-order valence-corrected chi connectivity index (χ4v) is 1.57. The van der Waals surface area contributed by atoms with Crippen molar-refractivity contribution in [3.63, 3.8) is 0 Å². The van der Waals surface area contributed by atoms with Gasteiger partial charge in [-0.2, -0.15) is 0 Å². The van der Waals surface area contributed by atoms with Crippen molar-refractivity contribution in [2.75, 3.05) is 14.1 Å². The standard InChI is InChI=1S/C10H16N.Li/c1-10(2,11(3)4)9-7-5-6-8-9;/h5,7H,6H2,1-4H3;. The number of hydrogen-bond acceptors (Lipinski definition) is 1. The summed E-state index contributed by atoms with van der Waals surface area (Å²) >= 11 is 2.22. The van der Waals surface area contributed by atoms with Crippen LogP contribution in [0.15, 0.2) is 22.0 Å². The minimum atomic E-state index is 0.178. The molecule has 1 aliphatic carbocycles. The van der Waals surface area contributed by atoms with Crippen molar-refractivity contribution in [2.45, 2.75) is 25.8 Å². The number of allylic oxidation sites excluding steroid dienone is 2. The molecule has 0 amide bonds. The maximum absolute atomic E-state index is 2.27. The minimum absolute atomic E-state index is 0.178. The Labute approximate surface area is 84.7 Å². The molecule has 0 bridgehead atoms. The van der Waals surface area contributed by atoms with E-state index in [1.165, 1.54) is 9.82 Å². The van der Waals surface area contributed by atoms with E-state index in [9.17, 15) is 0 Å². The van der Waals surface area contributed by atoms with E-state index in [0.717, 1.165) is 6.42 Å². The zero-order valence-electron chi connectivity index (χ0n) is 8.81. The Morgan fingerprint density at radius 3 is 2.33 bits per heavy atom. The molecule has 0 saturated carbocycles. The van der Waals surface area contributed by atoms with Crippen LogP contribution in [0.25, 0.3) is 0 Å². The molecule has 0 atom stereocenters. The molecular weight excluding hydrogens is 141 g/mol. The van der Waals surface area contributed by atoms with Gasteiger partial charge in [0, 0.05) is 0 Å². The van der Waals surface area contributed by atoms with Crippen LogP contribution in [-0.4, -0.2) is 42.2 Å². The molecule has 0 aromatic rings. The molecule has 0 fully saturated rings. The normalized spacial score (nSPS) is 18.2. The summed E-state index contributed by atoms with van der Waals surface area (Å²) in [6.45, 7) is 4.53. The van der Waals surface area contributed by atoms with E-state index >= 15 is 0 Å². The Morgan fingerprint density at radius 1 is 1.42 bits per heavy atom. The molecule has 0 saturated heterocycles. The van der Waals surface area contributed by atoms with Crippen molar-refractivity contribution in [1.29, 1.82) is 0 Å². The third-order valence-electron chi connectivity index (χ3n) is 2.95. The Morgan fingerprint density at radius 2 is 2.00 bits per heavy atom. The second kappa shape index (κ2) is 3.42. The zero-order valence-corrected chi connectivity index (χ0v) is 8.81. The molecule has 0 aromatic carbocycles. The fraction of sp³-hybridized carbons (Fsp3) is 0.600. The summed E-state index contributed by atoms with van der Waals surface area (Å²) in [4.78, 5) is 2.27. The first-order chi connectivity index (χ1) is 5.46. The monoisotopic (exact) mass is 157 g/mol. The molecule has 0 unspecified atom stereocenters. The summed E-state index contributed by atoms with van der Waals surface area (Å²) in [5.41, 5.74) is 1.66. The van der Waals surface area contributed by atoms with Gasteiger partial charge in [0.15, 0.2) is 0 Å². The number of nitrogens with zero attached hydrogens (tertiary/aromatic N) is 1. The van der Waals surface area contributed by atoms with Crippen molar-refractivity contribution in [3.8, 4) is 0 Å². The molecule has 1 rings (SSSR count). The summed E-state index contributed by atoms with van der Waals surface area (Å²) in [6, 6.07) is 0. The van der Waals surface area contributed by atoms with Crippen molar-refractivity contribution >= 4 is 17.7 Å². The molecule has 1 aliphatic rings. The first kappa shape index (κ1) is 10.1. The molecule has 0 N–H and O–H groups in total. The predicted octanol–water partition coefficient (Wildman–Crippen LogP) is 1.71.